The predicted octanol–water partition coefficient (Wildman–Crippen LogP) is 4.30. The highest BCUT2D eigenvalue weighted by Crippen LogP contribution is 2.67. The van der Waals surface area contributed by atoms with Gasteiger partial charge in [0, 0.05) is 0 Å². The molecule has 0 radical (unpaired) electrons. The lowest BCUT2D eigenvalue weighted by Gasteiger charge is -2.59. The van der Waals surface area contributed by atoms with E-state index in [0.717, 1.165) is 44.2 Å². The average Bonchev–Trinajstić information content (AvgIpc) is 3.00. The van der Waals surface area contributed by atoms with Gasteiger partial charge in [0.1, 0.15) is 6.04 Å². The van der Waals surface area contributed by atoms with Gasteiger partial charge in [0.25, 0.3) is 5.91 Å². The zero-order chi connectivity index (χ0) is 24.9. The van der Waals surface area contributed by atoms with Crippen LogP contribution in [0.2, 0.25) is 0 Å². The molecule has 0 aromatic rings. The molecule has 34 heavy (non-hydrogen) atoms. The summed E-state index contributed by atoms with van der Waals surface area (Å²) in [5.74, 6) is 0.199. The lowest BCUT2D eigenvalue weighted by molar-refractivity contribution is -0.143. The molecule has 0 spiro atoms. The molecular formula is C27H42N2O5. The highest BCUT2D eigenvalue weighted by atomic mass is 16.6. The van der Waals surface area contributed by atoms with Crippen LogP contribution in [0.1, 0.15) is 86.0 Å². The topological polar surface area (TPSA) is 108 Å². The van der Waals surface area contributed by atoms with Crippen LogP contribution < -0.4 is 5.32 Å². The van der Waals surface area contributed by atoms with E-state index < -0.39 is 23.5 Å². The lowest BCUT2D eigenvalue weighted by atomic mass is 9.46. The van der Waals surface area contributed by atoms with Gasteiger partial charge in [-0.05, 0) is 98.9 Å². The zero-order valence-corrected chi connectivity index (χ0v) is 21.4. The number of hydrogen-bond acceptors (Lipinski definition) is 5. The quantitative estimate of drug-likeness (QED) is 0.498. The molecule has 0 saturated heterocycles. The number of allylic oxidation sites excluding steroid dienone is 2. The van der Waals surface area contributed by atoms with Crippen LogP contribution in [0, 0.1) is 34.5 Å². The standard InChI is InChI=1S/C27H42N2O5/c1-16(2)23(24(31)32)28-22(30)15-34-29-18-8-11-25(3)17(14-18)6-7-19-20(25)9-12-26(4)21(19)10-13-27(26,5)33/h14,16,19-21,23,33H,6-13,15H2,1-5H3,(H,28,30)(H,31,32)/b29-18+/t19-,20+,21+,23+,25+,26+,27+/m1/s1. The van der Waals surface area contributed by atoms with Crippen molar-refractivity contribution in [3.05, 3.63) is 11.6 Å². The minimum absolute atomic E-state index is 0.0384. The van der Waals surface area contributed by atoms with Crippen molar-refractivity contribution in [2.45, 2.75) is 97.6 Å². The second-order valence-electron chi connectivity index (χ2n) is 12.3. The summed E-state index contributed by atoms with van der Waals surface area (Å²) < 4.78 is 0. The first-order valence-electron chi connectivity index (χ1n) is 13.0. The van der Waals surface area contributed by atoms with Crippen LogP contribution in [0.5, 0.6) is 0 Å². The van der Waals surface area contributed by atoms with Crippen LogP contribution in [0.4, 0.5) is 0 Å². The van der Waals surface area contributed by atoms with Crippen LogP contribution in [0.25, 0.3) is 0 Å². The highest BCUT2D eigenvalue weighted by Gasteiger charge is 2.62. The summed E-state index contributed by atoms with van der Waals surface area (Å²) in [6.45, 7) is 10.0. The maximum Gasteiger partial charge on any atom is 0.326 e. The van der Waals surface area contributed by atoms with Crippen molar-refractivity contribution in [2.24, 2.45) is 39.7 Å². The third kappa shape index (κ3) is 4.18. The molecule has 0 aromatic heterocycles. The summed E-state index contributed by atoms with van der Waals surface area (Å²) >= 11 is 0. The molecule has 7 heteroatoms. The molecule has 0 bridgehead atoms. The number of aliphatic carboxylic acids is 1. The number of nitrogens with one attached hydrogen (secondary N) is 1. The number of rotatable bonds is 6. The normalized spacial score (nSPS) is 41.2. The fraction of sp³-hybridized carbons (Fsp3) is 0.815. The average molecular weight is 475 g/mol. The zero-order valence-electron chi connectivity index (χ0n) is 21.4. The number of carboxylic acid groups (broad SMARTS) is 1. The van der Waals surface area contributed by atoms with Gasteiger partial charge in [-0.2, -0.15) is 0 Å². The van der Waals surface area contributed by atoms with E-state index >= 15 is 0 Å². The molecule has 7 atom stereocenters. The molecule has 7 nitrogen and oxygen atoms in total. The largest absolute Gasteiger partial charge is 0.480 e. The Morgan fingerprint density at radius 1 is 1.12 bits per heavy atom. The van der Waals surface area contributed by atoms with Gasteiger partial charge in [-0.15, -0.1) is 0 Å². The van der Waals surface area contributed by atoms with Crippen LogP contribution in [-0.2, 0) is 14.4 Å². The first kappa shape index (κ1) is 25.2. The lowest BCUT2D eigenvalue weighted by Crippen LogP contribution is -2.53. The van der Waals surface area contributed by atoms with Gasteiger partial charge in [0.05, 0.1) is 11.3 Å². The highest BCUT2D eigenvalue weighted by molar-refractivity contribution is 5.96. The number of amides is 1. The van der Waals surface area contributed by atoms with Crippen LogP contribution >= 0.6 is 0 Å². The Morgan fingerprint density at radius 2 is 1.82 bits per heavy atom. The van der Waals surface area contributed by atoms with E-state index in [-0.39, 0.29) is 23.4 Å². The Bertz CT molecular complexity index is 893. The number of aliphatic hydroxyl groups is 1. The van der Waals surface area contributed by atoms with Crippen molar-refractivity contribution in [3.63, 3.8) is 0 Å². The number of oxime groups is 1. The number of nitrogens with zero attached hydrogens (tertiary/aromatic N) is 1. The van der Waals surface area contributed by atoms with Gasteiger partial charge in [-0.25, -0.2) is 4.79 Å². The third-order valence-corrected chi connectivity index (χ3v) is 10.2. The predicted molar refractivity (Wildman–Crippen MR) is 130 cm³/mol. The molecule has 3 saturated carbocycles. The van der Waals surface area contributed by atoms with Crippen molar-refractivity contribution >= 4 is 17.6 Å². The maximum absolute atomic E-state index is 12.1. The van der Waals surface area contributed by atoms with E-state index in [4.69, 9.17) is 4.84 Å². The van der Waals surface area contributed by atoms with Crippen molar-refractivity contribution in [2.75, 3.05) is 6.61 Å². The fourth-order valence-electron chi connectivity index (χ4n) is 7.79. The van der Waals surface area contributed by atoms with Crippen molar-refractivity contribution in [3.8, 4) is 0 Å². The van der Waals surface area contributed by atoms with Gasteiger partial charge in [0.2, 0.25) is 0 Å². The third-order valence-electron chi connectivity index (χ3n) is 10.2. The second kappa shape index (κ2) is 8.96. The van der Waals surface area contributed by atoms with Gasteiger partial charge < -0.3 is 20.4 Å². The minimum atomic E-state index is -1.05. The maximum atomic E-state index is 12.1. The SMILES string of the molecule is CC(C)[C@H](NC(=O)CO/N=C1/C=C2CC[C@@H]3[C@H](CC[C@@]4(C)[C@H]3CC[C@]4(C)O)[C@@]2(C)CC1)C(=O)O. The Balaban J connectivity index is 1.40. The fourth-order valence-corrected chi connectivity index (χ4v) is 7.79. The minimum Gasteiger partial charge on any atom is -0.480 e. The number of carbonyl (C=O) groups is 2. The van der Waals surface area contributed by atoms with E-state index in [9.17, 15) is 19.8 Å². The monoisotopic (exact) mass is 474 g/mol. The van der Waals surface area contributed by atoms with Crippen LogP contribution in [0.3, 0.4) is 0 Å². The summed E-state index contributed by atoms with van der Waals surface area (Å²) in [6, 6.07) is -0.933. The van der Waals surface area contributed by atoms with E-state index in [1.165, 1.54) is 18.4 Å². The molecule has 4 aliphatic carbocycles. The Morgan fingerprint density at radius 3 is 2.50 bits per heavy atom. The van der Waals surface area contributed by atoms with E-state index in [0.29, 0.717) is 17.8 Å². The Labute approximate surface area is 203 Å². The summed E-state index contributed by atoms with van der Waals surface area (Å²) in [5.41, 5.74) is 1.97. The molecule has 0 unspecified atom stereocenters. The van der Waals surface area contributed by atoms with Gasteiger partial charge in [-0.1, -0.05) is 38.4 Å². The molecule has 0 aliphatic heterocycles. The number of carboxylic acids is 1. The van der Waals surface area contributed by atoms with Gasteiger partial charge in [-0.3, -0.25) is 4.79 Å². The first-order chi connectivity index (χ1) is 15.9. The van der Waals surface area contributed by atoms with Crippen molar-refractivity contribution in [1.82, 2.24) is 5.32 Å². The molecule has 0 heterocycles. The van der Waals surface area contributed by atoms with Crippen LogP contribution in [-0.4, -0.2) is 46.1 Å². The molecule has 0 aromatic carbocycles. The summed E-state index contributed by atoms with van der Waals surface area (Å²) in [7, 11) is 0. The second-order valence-corrected chi connectivity index (χ2v) is 12.3. The summed E-state index contributed by atoms with van der Waals surface area (Å²) in [5, 5.41) is 27.0. The smallest absolute Gasteiger partial charge is 0.326 e. The summed E-state index contributed by atoms with van der Waals surface area (Å²) in [6.07, 6.45) is 10.6. The first-order valence-corrected chi connectivity index (χ1v) is 13.0. The molecule has 4 rings (SSSR count). The summed E-state index contributed by atoms with van der Waals surface area (Å²) in [4.78, 5) is 28.7. The molecule has 4 aliphatic rings. The van der Waals surface area contributed by atoms with Crippen molar-refractivity contribution < 1.29 is 24.6 Å². The molecule has 1 amide bonds. The molecule has 3 N–H and O–H groups in total. The van der Waals surface area contributed by atoms with E-state index in [1.54, 1.807) is 13.8 Å². The molecule has 190 valence electrons. The Hall–Kier alpha value is -1.89. The molecular weight excluding hydrogens is 432 g/mol. The van der Waals surface area contributed by atoms with Gasteiger partial charge in [0.15, 0.2) is 6.61 Å². The number of hydrogen-bond donors (Lipinski definition) is 3. The number of carbonyl (C=O) groups excluding carboxylic acids is 1. The Kier molecular flexibility index (Phi) is 6.64. The van der Waals surface area contributed by atoms with Crippen LogP contribution in [0.15, 0.2) is 16.8 Å². The van der Waals surface area contributed by atoms with E-state index in [2.05, 4.69) is 37.3 Å². The molecule has 3 fully saturated rings. The van der Waals surface area contributed by atoms with E-state index in [1.807, 2.05) is 0 Å². The van der Waals surface area contributed by atoms with Crippen molar-refractivity contribution in [1.29, 1.82) is 0 Å². The number of fused-ring (bicyclic) bond motifs is 5. The van der Waals surface area contributed by atoms with Gasteiger partial charge >= 0.3 is 5.97 Å².